The molecule has 1 nitrogen and oxygen atoms in total. The topological polar surface area (TPSA) is 17.1 Å². The van der Waals surface area contributed by atoms with E-state index < -0.39 is 0 Å². The second-order valence-electron chi connectivity index (χ2n) is 3.57. The van der Waals surface area contributed by atoms with Crippen LogP contribution in [0.5, 0.6) is 0 Å². The maximum Gasteiger partial charge on any atom is 0.152 e. The Hall–Kier alpha value is -1.34. The van der Waals surface area contributed by atoms with Gasteiger partial charge in [-0.2, -0.15) is 0 Å². The maximum atomic E-state index is 10.8. The number of benzene rings is 1. The minimum atomic E-state index is 0.0652. The Balaban J connectivity index is 2.87. The summed E-state index contributed by atoms with van der Waals surface area (Å²) < 4.78 is 0. The van der Waals surface area contributed by atoms with E-state index >= 15 is 0 Å². The molecule has 0 aliphatic heterocycles. The van der Waals surface area contributed by atoms with Crippen LogP contribution >= 0.6 is 11.6 Å². The third-order valence-corrected chi connectivity index (χ3v) is 2.41. The molecule has 0 atom stereocenters. The molecule has 84 valence electrons. The molecule has 0 N–H and O–H groups in total. The Bertz CT molecular complexity index is 413. The maximum absolute atomic E-state index is 10.8. The van der Waals surface area contributed by atoms with Crippen molar-refractivity contribution < 1.29 is 4.79 Å². The monoisotopic (exact) mass is 234 g/mol. The largest absolute Gasteiger partial charge is 0.295 e. The van der Waals surface area contributed by atoms with Gasteiger partial charge in [0.2, 0.25) is 0 Å². The molecule has 0 saturated carbocycles. The van der Waals surface area contributed by atoms with E-state index in [1.807, 2.05) is 30.3 Å². The summed E-state index contributed by atoms with van der Waals surface area (Å²) in [6.45, 7) is 3.61. The summed E-state index contributed by atoms with van der Waals surface area (Å²) in [5.41, 5.74) is 2.21. The summed E-state index contributed by atoms with van der Waals surface area (Å²) in [5, 5.41) is 0.731. The number of rotatable bonds is 4. The third kappa shape index (κ3) is 4.45. The zero-order valence-electron chi connectivity index (χ0n) is 9.53. The first-order valence-electron chi connectivity index (χ1n) is 5.26. The van der Waals surface area contributed by atoms with E-state index in [-0.39, 0.29) is 5.78 Å². The van der Waals surface area contributed by atoms with Gasteiger partial charge in [-0.1, -0.05) is 42.8 Å². The van der Waals surface area contributed by atoms with Gasteiger partial charge >= 0.3 is 0 Å². The molecule has 0 unspecified atom stereocenters. The van der Waals surface area contributed by atoms with Gasteiger partial charge < -0.3 is 0 Å². The molecule has 0 aliphatic rings. The average Bonchev–Trinajstić information content (AvgIpc) is 2.26. The SMILES string of the molecule is CCC(/C=C/C(C)=O)=C\c1ccc(Cl)cc1. The first kappa shape index (κ1) is 12.7. The van der Waals surface area contributed by atoms with Gasteiger partial charge in [0, 0.05) is 5.02 Å². The van der Waals surface area contributed by atoms with Crippen molar-refractivity contribution in [3.05, 3.63) is 52.6 Å². The van der Waals surface area contributed by atoms with Gasteiger partial charge in [0.15, 0.2) is 5.78 Å². The number of hydrogen-bond donors (Lipinski definition) is 0. The van der Waals surface area contributed by atoms with Crippen LogP contribution in [0.15, 0.2) is 42.0 Å². The van der Waals surface area contributed by atoms with E-state index in [1.54, 1.807) is 13.0 Å². The Morgan fingerprint density at radius 3 is 2.38 bits per heavy atom. The van der Waals surface area contributed by atoms with Crippen LogP contribution in [0, 0.1) is 0 Å². The van der Waals surface area contributed by atoms with Crippen molar-refractivity contribution in [2.75, 3.05) is 0 Å². The molecule has 16 heavy (non-hydrogen) atoms. The zero-order chi connectivity index (χ0) is 12.0. The van der Waals surface area contributed by atoms with Crippen LogP contribution in [0.2, 0.25) is 5.02 Å². The number of allylic oxidation sites excluding steroid dienone is 3. The lowest BCUT2D eigenvalue weighted by atomic mass is 10.1. The molecule has 0 radical (unpaired) electrons. The molecular weight excluding hydrogens is 220 g/mol. The van der Waals surface area contributed by atoms with E-state index in [4.69, 9.17) is 11.6 Å². The Morgan fingerprint density at radius 1 is 1.25 bits per heavy atom. The quantitative estimate of drug-likeness (QED) is 0.562. The lowest BCUT2D eigenvalue weighted by molar-refractivity contribution is -0.112. The summed E-state index contributed by atoms with van der Waals surface area (Å²) >= 11 is 5.81. The van der Waals surface area contributed by atoms with Crippen molar-refractivity contribution >= 4 is 23.5 Å². The van der Waals surface area contributed by atoms with Crippen molar-refractivity contribution in [2.45, 2.75) is 20.3 Å². The van der Waals surface area contributed by atoms with E-state index in [0.29, 0.717) is 0 Å². The van der Waals surface area contributed by atoms with Crippen molar-refractivity contribution in [3.8, 4) is 0 Å². The number of carbonyl (C=O) groups is 1. The highest BCUT2D eigenvalue weighted by Gasteiger charge is 1.93. The summed E-state index contributed by atoms with van der Waals surface area (Å²) in [7, 11) is 0. The molecule has 0 amide bonds. The highest BCUT2D eigenvalue weighted by Crippen LogP contribution is 2.14. The lowest BCUT2D eigenvalue weighted by Gasteiger charge is -1.98. The van der Waals surface area contributed by atoms with Crippen LogP contribution in [-0.2, 0) is 4.79 Å². The van der Waals surface area contributed by atoms with Gasteiger partial charge in [-0.3, -0.25) is 4.79 Å². The van der Waals surface area contributed by atoms with Gasteiger partial charge in [0.05, 0.1) is 0 Å². The Kier molecular flexibility index (Phi) is 5.00. The molecule has 0 fully saturated rings. The smallest absolute Gasteiger partial charge is 0.152 e. The van der Waals surface area contributed by atoms with Gasteiger partial charge in [-0.05, 0) is 42.7 Å². The van der Waals surface area contributed by atoms with Gasteiger partial charge in [-0.15, -0.1) is 0 Å². The highest BCUT2D eigenvalue weighted by molar-refractivity contribution is 6.30. The minimum absolute atomic E-state index is 0.0652. The summed E-state index contributed by atoms with van der Waals surface area (Å²) in [6, 6.07) is 7.63. The molecule has 0 heterocycles. The third-order valence-electron chi connectivity index (χ3n) is 2.16. The molecule has 0 spiro atoms. The second-order valence-corrected chi connectivity index (χ2v) is 4.00. The molecule has 1 aromatic carbocycles. The van der Waals surface area contributed by atoms with Gasteiger partial charge in [-0.25, -0.2) is 0 Å². The normalized spacial score (nSPS) is 12.1. The van der Waals surface area contributed by atoms with Crippen molar-refractivity contribution in [1.82, 2.24) is 0 Å². The molecule has 0 saturated heterocycles. The predicted octanol–water partition coefficient (Wildman–Crippen LogP) is 4.28. The highest BCUT2D eigenvalue weighted by atomic mass is 35.5. The fourth-order valence-electron chi connectivity index (χ4n) is 1.27. The molecule has 1 rings (SSSR count). The molecule has 1 aromatic rings. The standard InChI is InChI=1S/C14H15ClO/c1-3-12(5-4-11(2)16)10-13-6-8-14(15)9-7-13/h4-10H,3H2,1-2H3/b5-4+,12-10+. The minimum Gasteiger partial charge on any atom is -0.295 e. The summed E-state index contributed by atoms with van der Waals surface area (Å²) in [4.78, 5) is 10.8. The predicted molar refractivity (Wildman–Crippen MR) is 69.5 cm³/mol. The Labute approximate surface area is 101 Å². The first-order chi connectivity index (χ1) is 7.61. The van der Waals surface area contributed by atoms with Gasteiger partial charge in [0.25, 0.3) is 0 Å². The molecule has 0 aliphatic carbocycles. The van der Waals surface area contributed by atoms with E-state index in [1.165, 1.54) is 0 Å². The Morgan fingerprint density at radius 2 is 1.88 bits per heavy atom. The lowest BCUT2D eigenvalue weighted by Crippen LogP contribution is -1.82. The van der Waals surface area contributed by atoms with Crippen LogP contribution in [0.1, 0.15) is 25.8 Å². The summed E-state index contributed by atoms with van der Waals surface area (Å²) in [5.74, 6) is 0.0652. The van der Waals surface area contributed by atoms with Crippen LogP contribution in [-0.4, -0.2) is 5.78 Å². The number of hydrogen-bond acceptors (Lipinski definition) is 1. The van der Waals surface area contributed by atoms with Crippen LogP contribution in [0.4, 0.5) is 0 Å². The zero-order valence-corrected chi connectivity index (χ0v) is 10.3. The molecule has 2 heteroatoms. The van der Waals surface area contributed by atoms with E-state index in [0.717, 1.165) is 22.6 Å². The van der Waals surface area contributed by atoms with Crippen LogP contribution in [0.25, 0.3) is 6.08 Å². The fraction of sp³-hybridized carbons (Fsp3) is 0.214. The number of carbonyl (C=O) groups excluding carboxylic acids is 1. The van der Waals surface area contributed by atoms with E-state index in [9.17, 15) is 4.79 Å². The van der Waals surface area contributed by atoms with Crippen LogP contribution < -0.4 is 0 Å². The average molecular weight is 235 g/mol. The number of halogens is 1. The molecule has 0 bridgehead atoms. The molecule has 0 aromatic heterocycles. The van der Waals surface area contributed by atoms with Crippen molar-refractivity contribution in [2.24, 2.45) is 0 Å². The van der Waals surface area contributed by atoms with Gasteiger partial charge in [0.1, 0.15) is 0 Å². The van der Waals surface area contributed by atoms with Crippen molar-refractivity contribution in [1.29, 1.82) is 0 Å². The summed E-state index contributed by atoms with van der Waals surface area (Å²) in [6.07, 6.45) is 6.39. The second kappa shape index (κ2) is 6.29. The van der Waals surface area contributed by atoms with Crippen molar-refractivity contribution in [3.63, 3.8) is 0 Å². The van der Waals surface area contributed by atoms with Crippen LogP contribution in [0.3, 0.4) is 0 Å². The van der Waals surface area contributed by atoms with E-state index in [2.05, 4.69) is 13.0 Å². The number of ketones is 1. The molecular formula is C14H15ClO. The first-order valence-corrected chi connectivity index (χ1v) is 5.64. The fourth-order valence-corrected chi connectivity index (χ4v) is 1.39.